The van der Waals surface area contributed by atoms with Crippen molar-refractivity contribution >= 4 is 42.6 Å². The number of nitrogens with one attached hydrogen (secondary N) is 1. The van der Waals surface area contributed by atoms with Gasteiger partial charge in [0, 0.05) is 58.9 Å². The summed E-state index contributed by atoms with van der Waals surface area (Å²) >= 11 is 1.69. The number of fused-ring (bicyclic) bond motifs is 1. The molecule has 1 aliphatic rings. The van der Waals surface area contributed by atoms with E-state index in [-0.39, 0.29) is 10.8 Å². The minimum Gasteiger partial charge on any atom is -0.492 e. The van der Waals surface area contributed by atoms with Gasteiger partial charge in [-0.25, -0.2) is 17.7 Å². The number of rotatable bonds is 9. The molecule has 0 radical (unpaired) electrons. The fraction of sp³-hybridized carbons (Fsp3) is 0.417. The van der Waals surface area contributed by atoms with E-state index in [0.29, 0.717) is 18.7 Å². The molecule has 0 spiro atoms. The number of thiazole rings is 1. The lowest BCUT2D eigenvalue weighted by Gasteiger charge is -2.34. The van der Waals surface area contributed by atoms with Crippen LogP contribution in [-0.2, 0) is 10.0 Å². The number of carbonyl (C=O) groups is 1. The molecule has 2 aromatic carbocycles. The van der Waals surface area contributed by atoms with Gasteiger partial charge in [-0.05, 0) is 43.3 Å². The van der Waals surface area contributed by atoms with E-state index in [4.69, 9.17) is 9.72 Å². The second-order valence-electron chi connectivity index (χ2n) is 8.43. The predicted molar refractivity (Wildman–Crippen MR) is 139 cm³/mol. The number of aromatic nitrogens is 1. The van der Waals surface area contributed by atoms with Crippen molar-refractivity contribution in [1.82, 2.24) is 19.5 Å². The van der Waals surface area contributed by atoms with E-state index in [1.165, 1.54) is 26.2 Å². The molecular weight excluding hydrogens is 486 g/mol. The monoisotopic (exact) mass is 517 g/mol. The molecule has 2 heterocycles. The van der Waals surface area contributed by atoms with Crippen LogP contribution in [0.1, 0.15) is 17.3 Å². The molecular formula is C24H31N5O4S2. The fourth-order valence-electron chi connectivity index (χ4n) is 3.90. The molecule has 1 fully saturated rings. The Morgan fingerprint density at radius 3 is 2.49 bits per heavy atom. The van der Waals surface area contributed by atoms with Crippen LogP contribution in [0.5, 0.6) is 5.75 Å². The van der Waals surface area contributed by atoms with E-state index in [1.54, 1.807) is 23.5 Å². The highest BCUT2D eigenvalue weighted by Gasteiger charge is 2.21. The summed E-state index contributed by atoms with van der Waals surface area (Å²) in [5.41, 5.74) is 1.36. The van der Waals surface area contributed by atoms with E-state index in [0.717, 1.165) is 58.1 Å². The van der Waals surface area contributed by atoms with E-state index in [1.807, 2.05) is 19.1 Å². The molecule has 4 rings (SSSR count). The number of hydrogen-bond donors (Lipinski definition) is 1. The standard InChI is InChI=1S/C24H31N5O4S2/c1-4-33-20-6-5-7-21-22(20)26-24(34-21)29-16-14-28(15-17-29)13-12-25-23(30)18-8-10-19(11-9-18)35(31,32)27(2)3/h5-11H,4,12-17H2,1-3H3,(H,25,30). The molecule has 35 heavy (non-hydrogen) atoms. The summed E-state index contributed by atoms with van der Waals surface area (Å²) in [6.07, 6.45) is 0. The first-order chi connectivity index (χ1) is 16.8. The Labute approximate surface area is 210 Å². The maximum atomic E-state index is 12.5. The van der Waals surface area contributed by atoms with Crippen LogP contribution < -0.4 is 15.0 Å². The minimum atomic E-state index is -3.51. The second-order valence-corrected chi connectivity index (χ2v) is 11.6. The Balaban J connectivity index is 1.25. The third-order valence-corrected chi connectivity index (χ3v) is 8.83. The Morgan fingerprint density at radius 1 is 1.11 bits per heavy atom. The van der Waals surface area contributed by atoms with Gasteiger partial charge >= 0.3 is 0 Å². The number of carbonyl (C=O) groups excluding carboxylic acids is 1. The summed E-state index contributed by atoms with van der Waals surface area (Å²) in [7, 11) is -0.549. The van der Waals surface area contributed by atoms with Crippen LogP contribution in [0.4, 0.5) is 5.13 Å². The first kappa shape index (κ1) is 25.4. The van der Waals surface area contributed by atoms with Gasteiger partial charge in [0.15, 0.2) is 5.13 Å². The van der Waals surface area contributed by atoms with E-state index < -0.39 is 10.0 Å². The Morgan fingerprint density at radius 2 is 1.83 bits per heavy atom. The van der Waals surface area contributed by atoms with Crippen LogP contribution in [0.25, 0.3) is 10.2 Å². The number of nitrogens with zero attached hydrogens (tertiary/aromatic N) is 4. The maximum absolute atomic E-state index is 12.5. The zero-order valence-electron chi connectivity index (χ0n) is 20.2. The first-order valence-electron chi connectivity index (χ1n) is 11.6. The van der Waals surface area contributed by atoms with Crippen LogP contribution in [-0.4, -0.2) is 88.5 Å². The molecule has 0 bridgehead atoms. The third-order valence-electron chi connectivity index (χ3n) is 5.92. The van der Waals surface area contributed by atoms with E-state index in [2.05, 4.69) is 21.2 Å². The van der Waals surface area contributed by atoms with Crippen LogP contribution in [0.2, 0.25) is 0 Å². The number of para-hydroxylation sites is 1. The lowest BCUT2D eigenvalue weighted by atomic mass is 10.2. The molecule has 11 heteroatoms. The molecule has 1 saturated heterocycles. The lowest BCUT2D eigenvalue weighted by molar-refractivity contribution is 0.0947. The highest BCUT2D eigenvalue weighted by Crippen LogP contribution is 2.34. The molecule has 1 amide bonds. The van der Waals surface area contributed by atoms with Gasteiger partial charge in [0.05, 0.1) is 16.2 Å². The largest absolute Gasteiger partial charge is 0.492 e. The van der Waals surface area contributed by atoms with Crippen molar-refractivity contribution < 1.29 is 17.9 Å². The van der Waals surface area contributed by atoms with Crippen molar-refractivity contribution in [3.05, 3.63) is 48.0 Å². The van der Waals surface area contributed by atoms with E-state index >= 15 is 0 Å². The number of sulfonamides is 1. The Hall–Kier alpha value is -2.73. The quantitative estimate of drug-likeness (QED) is 0.466. The molecule has 9 nitrogen and oxygen atoms in total. The van der Waals surface area contributed by atoms with Gasteiger partial charge in [-0.15, -0.1) is 0 Å². The normalized spacial score (nSPS) is 15.0. The van der Waals surface area contributed by atoms with Crippen molar-refractivity contribution in [2.75, 3.05) is 64.9 Å². The van der Waals surface area contributed by atoms with Gasteiger partial charge in [-0.1, -0.05) is 17.4 Å². The summed E-state index contributed by atoms with van der Waals surface area (Å²) in [6.45, 7) is 7.39. The topological polar surface area (TPSA) is 95.1 Å². The summed E-state index contributed by atoms with van der Waals surface area (Å²) in [6, 6.07) is 12.0. The average molecular weight is 518 g/mol. The number of amides is 1. The van der Waals surface area contributed by atoms with Gasteiger partial charge in [0.2, 0.25) is 10.0 Å². The Bertz CT molecular complexity index is 1270. The SMILES string of the molecule is CCOc1cccc2sc(N3CCN(CCNC(=O)c4ccc(S(=O)(=O)N(C)C)cc4)CC3)nc12. The molecule has 1 aliphatic heterocycles. The van der Waals surface area contributed by atoms with Crippen LogP contribution in [0, 0.1) is 0 Å². The smallest absolute Gasteiger partial charge is 0.251 e. The zero-order valence-corrected chi connectivity index (χ0v) is 21.9. The molecule has 0 unspecified atom stereocenters. The summed E-state index contributed by atoms with van der Waals surface area (Å²) < 4.78 is 32.3. The van der Waals surface area contributed by atoms with Crippen molar-refractivity contribution in [1.29, 1.82) is 0 Å². The number of hydrogen-bond acceptors (Lipinski definition) is 8. The highest BCUT2D eigenvalue weighted by atomic mass is 32.2. The third kappa shape index (κ3) is 5.75. The summed E-state index contributed by atoms with van der Waals surface area (Å²) in [4.78, 5) is 22.1. The number of ether oxygens (including phenoxy) is 1. The molecule has 1 N–H and O–H groups in total. The molecule has 1 aromatic heterocycles. The predicted octanol–water partition coefficient (Wildman–Crippen LogP) is 2.50. The van der Waals surface area contributed by atoms with Crippen LogP contribution >= 0.6 is 11.3 Å². The van der Waals surface area contributed by atoms with Gasteiger partial charge in [-0.2, -0.15) is 0 Å². The van der Waals surface area contributed by atoms with Crippen LogP contribution in [0.15, 0.2) is 47.4 Å². The van der Waals surface area contributed by atoms with Gasteiger partial charge in [0.25, 0.3) is 5.91 Å². The van der Waals surface area contributed by atoms with Crippen molar-refractivity contribution in [3.63, 3.8) is 0 Å². The fourth-order valence-corrected chi connectivity index (χ4v) is 5.84. The molecule has 188 valence electrons. The van der Waals surface area contributed by atoms with Gasteiger partial charge in [-0.3, -0.25) is 9.69 Å². The summed E-state index contributed by atoms with van der Waals surface area (Å²) in [5.74, 6) is 0.618. The molecule has 0 atom stereocenters. The van der Waals surface area contributed by atoms with Crippen molar-refractivity contribution in [2.24, 2.45) is 0 Å². The minimum absolute atomic E-state index is 0.166. The Kier molecular flexibility index (Phi) is 7.90. The van der Waals surface area contributed by atoms with Gasteiger partial charge in [0.1, 0.15) is 11.3 Å². The average Bonchev–Trinajstić information content (AvgIpc) is 3.30. The number of piperazine rings is 1. The maximum Gasteiger partial charge on any atom is 0.251 e. The number of anilines is 1. The van der Waals surface area contributed by atoms with Crippen LogP contribution in [0.3, 0.4) is 0 Å². The second kappa shape index (κ2) is 10.9. The summed E-state index contributed by atoms with van der Waals surface area (Å²) in [5, 5.41) is 3.94. The molecule has 0 saturated carbocycles. The lowest BCUT2D eigenvalue weighted by Crippen LogP contribution is -2.48. The number of benzene rings is 2. The first-order valence-corrected chi connectivity index (χ1v) is 13.9. The molecule has 3 aromatic rings. The van der Waals surface area contributed by atoms with Gasteiger partial charge < -0.3 is 15.0 Å². The zero-order chi connectivity index (χ0) is 25.0. The van der Waals surface area contributed by atoms with E-state index in [9.17, 15) is 13.2 Å². The van der Waals surface area contributed by atoms with Crippen molar-refractivity contribution in [2.45, 2.75) is 11.8 Å². The molecule has 0 aliphatic carbocycles. The highest BCUT2D eigenvalue weighted by molar-refractivity contribution is 7.89. The van der Waals surface area contributed by atoms with Crippen molar-refractivity contribution in [3.8, 4) is 5.75 Å².